The highest BCUT2D eigenvalue weighted by Crippen LogP contribution is 2.40. The Hall–Kier alpha value is -1.06. The van der Waals surface area contributed by atoms with Crippen molar-refractivity contribution in [3.05, 3.63) is 46.3 Å². The first-order valence-electron chi connectivity index (χ1n) is 9.23. The molecular formula is C22H34OSSi. The van der Waals surface area contributed by atoms with Crippen molar-refractivity contribution in [3.63, 3.8) is 0 Å². The molecule has 1 nitrogen and oxygen atoms in total. The second kappa shape index (κ2) is 6.92. The standard InChI is InChI=1S/C22H34OSSi/c1-21(2,3)17-14-16(15-18(20(17)23)22(4,5)6)11-13-25(7,8)19-10-9-12-24-19/h9-10,12,14-15,23H,11,13H2,1-8H3. The predicted molar refractivity (Wildman–Crippen MR) is 115 cm³/mol. The van der Waals surface area contributed by atoms with E-state index in [0.29, 0.717) is 5.75 Å². The fourth-order valence-corrected chi connectivity index (χ4v) is 7.18. The number of aromatic hydroxyl groups is 1. The molecule has 1 N–H and O–H groups in total. The van der Waals surface area contributed by atoms with Gasteiger partial charge >= 0.3 is 0 Å². The third-order valence-corrected chi connectivity index (χ3v) is 10.7. The zero-order valence-electron chi connectivity index (χ0n) is 17.2. The summed E-state index contributed by atoms with van der Waals surface area (Å²) >= 11 is 1.90. The summed E-state index contributed by atoms with van der Waals surface area (Å²) in [6.07, 6.45) is 1.09. The molecule has 1 aromatic heterocycles. The first-order valence-corrected chi connectivity index (χ1v) is 13.3. The number of hydrogen-bond donors (Lipinski definition) is 1. The molecule has 0 saturated heterocycles. The minimum absolute atomic E-state index is 0.0548. The minimum Gasteiger partial charge on any atom is -0.507 e. The van der Waals surface area contributed by atoms with Gasteiger partial charge in [0, 0.05) is 0 Å². The normalized spacial score (nSPS) is 13.3. The van der Waals surface area contributed by atoms with Gasteiger partial charge in [-0.05, 0) is 49.9 Å². The van der Waals surface area contributed by atoms with Gasteiger partial charge in [0.2, 0.25) is 0 Å². The average Bonchev–Trinajstić information content (AvgIpc) is 2.98. The quantitative estimate of drug-likeness (QED) is 0.631. The van der Waals surface area contributed by atoms with E-state index in [1.54, 1.807) is 4.50 Å². The lowest BCUT2D eigenvalue weighted by Crippen LogP contribution is -2.39. The van der Waals surface area contributed by atoms with E-state index < -0.39 is 8.07 Å². The maximum atomic E-state index is 10.9. The van der Waals surface area contributed by atoms with E-state index in [0.717, 1.165) is 17.5 Å². The molecule has 0 bridgehead atoms. The Kier molecular flexibility index (Phi) is 5.61. The first kappa shape index (κ1) is 20.3. The molecule has 3 heteroatoms. The molecule has 0 radical (unpaired) electrons. The summed E-state index contributed by atoms with van der Waals surface area (Å²) in [5.74, 6) is 0.485. The van der Waals surface area contributed by atoms with E-state index in [-0.39, 0.29) is 10.8 Å². The first-order chi connectivity index (χ1) is 11.3. The Morgan fingerprint density at radius 2 is 1.48 bits per heavy atom. The lowest BCUT2D eigenvalue weighted by molar-refractivity contribution is 0.422. The predicted octanol–water partition coefficient (Wildman–Crippen LogP) is 6.21. The van der Waals surface area contributed by atoms with E-state index in [9.17, 15) is 5.11 Å². The van der Waals surface area contributed by atoms with E-state index in [1.165, 1.54) is 11.6 Å². The van der Waals surface area contributed by atoms with Gasteiger partial charge in [0.05, 0.1) is 8.07 Å². The average molecular weight is 375 g/mol. The molecule has 1 heterocycles. The SMILES string of the molecule is CC(C)(C)c1cc(CC[Si](C)(C)c2cccs2)cc(C(C)(C)C)c1O. The highest BCUT2D eigenvalue weighted by molar-refractivity contribution is 7.25. The van der Waals surface area contributed by atoms with Crippen LogP contribution in [0.15, 0.2) is 29.6 Å². The molecule has 0 saturated carbocycles. The van der Waals surface area contributed by atoms with Crippen molar-refractivity contribution in [2.75, 3.05) is 0 Å². The monoisotopic (exact) mass is 374 g/mol. The van der Waals surface area contributed by atoms with Crippen molar-refractivity contribution in [2.45, 2.75) is 77.9 Å². The molecule has 0 atom stereocenters. The third-order valence-electron chi connectivity index (χ3n) is 5.01. The van der Waals surface area contributed by atoms with Crippen LogP contribution in [0, 0.1) is 0 Å². The summed E-state index contributed by atoms with van der Waals surface area (Å²) in [5, 5.41) is 13.1. The topological polar surface area (TPSA) is 20.2 Å². The van der Waals surface area contributed by atoms with Crippen molar-refractivity contribution < 1.29 is 5.11 Å². The van der Waals surface area contributed by atoms with Gasteiger partial charge in [0.1, 0.15) is 5.75 Å². The zero-order valence-corrected chi connectivity index (χ0v) is 19.0. The molecule has 0 amide bonds. The Morgan fingerprint density at radius 3 is 1.88 bits per heavy atom. The van der Waals surface area contributed by atoms with Crippen molar-refractivity contribution in [1.29, 1.82) is 0 Å². The summed E-state index contributed by atoms with van der Waals surface area (Å²) in [5.41, 5.74) is 3.41. The lowest BCUT2D eigenvalue weighted by Gasteiger charge is -2.29. The molecule has 0 spiro atoms. The Bertz CT molecular complexity index is 680. The highest BCUT2D eigenvalue weighted by Gasteiger charge is 2.28. The molecule has 0 fully saturated rings. The van der Waals surface area contributed by atoms with Crippen LogP contribution in [0.1, 0.15) is 58.2 Å². The third kappa shape index (κ3) is 4.76. The summed E-state index contributed by atoms with van der Waals surface area (Å²) < 4.78 is 1.58. The van der Waals surface area contributed by atoms with E-state index >= 15 is 0 Å². The van der Waals surface area contributed by atoms with E-state index in [2.05, 4.69) is 84.3 Å². The summed E-state index contributed by atoms with van der Waals surface area (Å²) in [4.78, 5) is 0. The Balaban J connectivity index is 2.38. The molecule has 2 aromatic rings. The van der Waals surface area contributed by atoms with E-state index in [1.807, 2.05) is 11.3 Å². The van der Waals surface area contributed by atoms with Crippen LogP contribution < -0.4 is 4.50 Å². The number of rotatable bonds is 4. The summed E-state index contributed by atoms with van der Waals surface area (Å²) in [7, 11) is -1.39. The molecule has 0 aliphatic heterocycles. The molecule has 1 aromatic carbocycles. The fraction of sp³-hybridized carbons (Fsp3) is 0.545. The van der Waals surface area contributed by atoms with Gasteiger partial charge in [-0.15, -0.1) is 0 Å². The van der Waals surface area contributed by atoms with Crippen LogP contribution in [0.5, 0.6) is 5.75 Å². The summed E-state index contributed by atoms with van der Waals surface area (Å²) in [6, 6.07) is 10.2. The minimum atomic E-state index is -1.39. The number of aryl methyl sites for hydroxylation is 1. The van der Waals surface area contributed by atoms with Crippen LogP contribution in [0.4, 0.5) is 0 Å². The van der Waals surface area contributed by atoms with Crippen molar-refractivity contribution in [3.8, 4) is 5.75 Å². The number of benzene rings is 1. The maximum Gasteiger partial charge on any atom is 0.123 e. The van der Waals surface area contributed by atoms with Crippen LogP contribution in [0.3, 0.4) is 0 Å². The molecule has 0 aliphatic rings. The number of phenols is 1. The second-order valence-electron chi connectivity index (χ2n) is 9.90. The lowest BCUT2D eigenvalue weighted by atomic mass is 9.78. The Labute approximate surface area is 159 Å². The van der Waals surface area contributed by atoms with Gasteiger partial charge < -0.3 is 5.11 Å². The number of hydrogen-bond acceptors (Lipinski definition) is 2. The van der Waals surface area contributed by atoms with Gasteiger partial charge in [0.15, 0.2) is 0 Å². The molecule has 25 heavy (non-hydrogen) atoms. The maximum absolute atomic E-state index is 10.9. The molecule has 138 valence electrons. The van der Waals surface area contributed by atoms with Gasteiger partial charge in [0.25, 0.3) is 0 Å². The van der Waals surface area contributed by atoms with Gasteiger partial charge in [-0.2, -0.15) is 11.3 Å². The highest BCUT2D eigenvalue weighted by atomic mass is 32.1. The fourth-order valence-electron chi connectivity index (χ4n) is 3.23. The van der Waals surface area contributed by atoms with E-state index in [4.69, 9.17) is 0 Å². The molecular weight excluding hydrogens is 340 g/mol. The van der Waals surface area contributed by atoms with Crippen LogP contribution in [-0.4, -0.2) is 13.2 Å². The van der Waals surface area contributed by atoms with Crippen LogP contribution in [-0.2, 0) is 17.3 Å². The van der Waals surface area contributed by atoms with Gasteiger partial charge in [-0.3, -0.25) is 0 Å². The second-order valence-corrected chi connectivity index (χ2v) is 16.0. The smallest absolute Gasteiger partial charge is 0.123 e. The largest absolute Gasteiger partial charge is 0.507 e. The van der Waals surface area contributed by atoms with Gasteiger partial charge in [-0.1, -0.05) is 78.9 Å². The Morgan fingerprint density at radius 1 is 0.960 bits per heavy atom. The number of thiophene rings is 1. The van der Waals surface area contributed by atoms with Crippen molar-refractivity contribution in [1.82, 2.24) is 0 Å². The molecule has 0 unspecified atom stereocenters. The van der Waals surface area contributed by atoms with Crippen molar-refractivity contribution in [2.24, 2.45) is 0 Å². The molecule has 2 rings (SSSR count). The summed E-state index contributed by atoms with van der Waals surface area (Å²) in [6.45, 7) is 18.0. The zero-order chi connectivity index (χ0) is 19.0. The van der Waals surface area contributed by atoms with Gasteiger partial charge in [-0.25, -0.2) is 0 Å². The van der Waals surface area contributed by atoms with Crippen molar-refractivity contribution >= 4 is 23.9 Å². The number of phenolic OH excluding ortho intramolecular Hbond substituents is 1. The van der Waals surface area contributed by atoms with Crippen LogP contribution >= 0.6 is 11.3 Å². The molecule has 0 aliphatic carbocycles. The van der Waals surface area contributed by atoms with Crippen LogP contribution in [0.25, 0.3) is 0 Å². The van der Waals surface area contributed by atoms with Crippen LogP contribution in [0.2, 0.25) is 19.1 Å².